The first-order valence-corrected chi connectivity index (χ1v) is 11.7. The van der Waals surface area contributed by atoms with Crippen molar-refractivity contribution in [2.45, 2.75) is 19.1 Å². The van der Waals surface area contributed by atoms with Gasteiger partial charge in [-0.05, 0) is 46.3 Å². The summed E-state index contributed by atoms with van der Waals surface area (Å²) in [7, 11) is 0. The predicted molar refractivity (Wildman–Crippen MR) is 134 cm³/mol. The molecule has 0 radical (unpaired) electrons. The summed E-state index contributed by atoms with van der Waals surface area (Å²) >= 11 is 1.45. The number of pyridine rings is 1. The number of nitrogens with zero attached hydrogens (tertiary/aromatic N) is 2. The maximum Gasteiger partial charge on any atom is 0.338 e. The van der Waals surface area contributed by atoms with Crippen molar-refractivity contribution in [3.05, 3.63) is 105 Å². The topological polar surface area (TPSA) is 147 Å². The number of benzene rings is 2. The highest BCUT2D eigenvalue weighted by Gasteiger charge is 2.20. The maximum atomic E-state index is 12.9. The zero-order valence-electron chi connectivity index (χ0n) is 19.0. The predicted octanol–water partition coefficient (Wildman–Crippen LogP) is 4.04. The molecular formula is C25H22N4O6S. The lowest BCUT2D eigenvalue weighted by Gasteiger charge is -2.15. The Labute approximate surface area is 209 Å². The lowest BCUT2D eigenvalue weighted by Crippen LogP contribution is -2.27. The van der Waals surface area contributed by atoms with Gasteiger partial charge in [-0.2, -0.15) is 0 Å². The van der Waals surface area contributed by atoms with Crippen LogP contribution in [0, 0.1) is 10.1 Å². The van der Waals surface area contributed by atoms with Gasteiger partial charge in [0.15, 0.2) is 0 Å². The molecule has 0 aliphatic heterocycles. The van der Waals surface area contributed by atoms with Crippen LogP contribution in [0.3, 0.4) is 0 Å². The van der Waals surface area contributed by atoms with Crippen molar-refractivity contribution >= 4 is 38.3 Å². The molecule has 0 aliphatic carbocycles. The molecule has 1 atom stereocenters. The number of carbonyl (C=O) groups is 2. The lowest BCUT2D eigenvalue weighted by atomic mass is 9.97. The van der Waals surface area contributed by atoms with Gasteiger partial charge < -0.3 is 20.6 Å². The standard InChI is InChI=1S/C25H22N4O6S/c26-12-21(24(30)28-23-11-20-9-10-27-13-22(20)36-23)18-5-1-16(2-6-18)14-34-25(31)19-7-3-17(4-8-19)15-35-29(32)33/h1-11,13,21H,12,14-15,26H2,(H,28,30). The number of rotatable bonds is 10. The Morgan fingerprint density at radius 3 is 2.42 bits per heavy atom. The summed E-state index contributed by atoms with van der Waals surface area (Å²) in [5.74, 6) is -1.27. The Bertz CT molecular complexity index is 1340. The highest BCUT2D eigenvalue weighted by molar-refractivity contribution is 7.22. The Morgan fingerprint density at radius 1 is 1.06 bits per heavy atom. The number of nitrogens with one attached hydrogen (secondary N) is 1. The van der Waals surface area contributed by atoms with E-state index >= 15 is 0 Å². The number of carbonyl (C=O) groups excluding carboxylic acids is 2. The van der Waals surface area contributed by atoms with Crippen LogP contribution in [0.25, 0.3) is 10.1 Å². The van der Waals surface area contributed by atoms with Gasteiger partial charge in [-0.1, -0.05) is 36.4 Å². The molecule has 0 spiro atoms. The second-order valence-corrected chi connectivity index (χ2v) is 8.90. The maximum absolute atomic E-state index is 12.9. The van der Waals surface area contributed by atoms with E-state index in [1.54, 1.807) is 48.8 Å². The van der Waals surface area contributed by atoms with E-state index in [2.05, 4.69) is 15.1 Å². The van der Waals surface area contributed by atoms with E-state index in [-0.39, 0.29) is 25.7 Å². The molecule has 0 saturated carbocycles. The fraction of sp³-hybridized carbons (Fsp3) is 0.160. The van der Waals surface area contributed by atoms with E-state index in [4.69, 9.17) is 10.5 Å². The summed E-state index contributed by atoms with van der Waals surface area (Å²) in [5, 5.41) is 14.1. The normalized spacial score (nSPS) is 11.6. The van der Waals surface area contributed by atoms with Crippen molar-refractivity contribution in [2.24, 2.45) is 5.73 Å². The van der Waals surface area contributed by atoms with Crippen LogP contribution in [-0.2, 0) is 27.6 Å². The molecule has 10 nitrogen and oxygen atoms in total. The van der Waals surface area contributed by atoms with Gasteiger partial charge in [0.1, 0.15) is 13.2 Å². The first-order chi connectivity index (χ1) is 17.4. The number of aromatic nitrogens is 1. The average Bonchev–Trinajstić information content (AvgIpc) is 3.29. The van der Waals surface area contributed by atoms with Crippen molar-refractivity contribution in [1.29, 1.82) is 0 Å². The molecule has 36 heavy (non-hydrogen) atoms. The number of ether oxygens (including phenoxy) is 1. The van der Waals surface area contributed by atoms with Gasteiger partial charge in [0, 0.05) is 18.9 Å². The van der Waals surface area contributed by atoms with E-state index in [9.17, 15) is 19.7 Å². The zero-order chi connectivity index (χ0) is 25.5. The molecular weight excluding hydrogens is 484 g/mol. The van der Waals surface area contributed by atoms with Crippen molar-refractivity contribution in [1.82, 2.24) is 4.98 Å². The molecule has 0 saturated heterocycles. The summed E-state index contributed by atoms with van der Waals surface area (Å²) in [6.07, 6.45) is 3.46. The lowest BCUT2D eigenvalue weighted by molar-refractivity contribution is -0.763. The van der Waals surface area contributed by atoms with Crippen LogP contribution >= 0.6 is 11.3 Å². The number of amides is 1. The molecule has 3 N–H and O–H groups in total. The monoisotopic (exact) mass is 506 g/mol. The van der Waals surface area contributed by atoms with E-state index in [0.29, 0.717) is 11.1 Å². The fourth-order valence-corrected chi connectivity index (χ4v) is 4.42. The SMILES string of the molecule is NCC(C(=O)Nc1cc2ccncc2s1)c1ccc(COC(=O)c2ccc(CO[N+](=O)[O-])cc2)cc1. The van der Waals surface area contributed by atoms with Crippen LogP contribution in [0.5, 0.6) is 0 Å². The van der Waals surface area contributed by atoms with Gasteiger partial charge in [0.2, 0.25) is 5.91 Å². The minimum atomic E-state index is -0.876. The fourth-order valence-electron chi connectivity index (χ4n) is 3.49. The van der Waals surface area contributed by atoms with Crippen LogP contribution in [0.4, 0.5) is 5.00 Å². The first kappa shape index (κ1) is 24.8. The van der Waals surface area contributed by atoms with Gasteiger partial charge in [-0.3, -0.25) is 9.78 Å². The Morgan fingerprint density at radius 2 is 1.75 bits per heavy atom. The largest absolute Gasteiger partial charge is 0.457 e. The number of thiophene rings is 1. The van der Waals surface area contributed by atoms with Gasteiger partial charge in [0.25, 0.3) is 5.09 Å². The summed E-state index contributed by atoms with van der Waals surface area (Å²) in [4.78, 5) is 43.8. The third kappa shape index (κ3) is 6.20. The molecule has 4 aromatic rings. The second-order valence-electron chi connectivity index (χ2n) is 7.81. The van der Waals surface area contributed by atoms with Gasteiger partial charge >= 0.3 is 5.97 Å². The van der Waals surface area contributed by atoms with E-state index in [1.807, 2.05) is 12.1 Å². The highest BCUT2D eigenvalue weighted by atomic mass is 32.1. The van der Waals surface area contributed by atoms with Crippen molar-refractivity contribution in [2.75, 3.05) is 11.9 Å². The number of fused-ring (bicyclic) bond motifs is 1. The molecule has 184 valence electrons. The Balaban J connectivity index is 1.32. The summed E-state index contributed by atoms with van der Waals surface area (Å²) in [5.41, 5.74) is 8.27. The molecule has 2 aromatic carbocycles. The van der Waals surface area contributed by atoms with Gasteiger partial charge in [0.05, 0.1) is 21.2 Å². The summed E-state index contributed by atoms with van der Waals surface area (Å²) < 4.78 is 6.33. The average molecular weight is 507 g/mol. The number of nitrogens with two attached hydrogens (primary N) is 1. The molecule has 1 amide bonds. The number of anilines is 1. The molecule has 4 rings (SSSR count). The third-order valence-corrected chi connectivity index (χ3v) is 6.40. The quantitative estimate of drug-likeness (QED) is 0.186. The zero-order valence-corrected chi connectivity index (χ0v) is 19.8. The first-order valence-electron chi connectivity index (χ1n) is 10.9. The van der Waals surface area contributed by atoms with Crippen LogP contribution in [0.15, 0.2) is 73.1 Å². The summed E-state index contributed by atoms with van der Waals surface area (Å²) in [6.45, 7) is -0.0199. The molecule has 2 heterocycles. The number of hydrogen-bond donors (Lipinski definition) is 2. The molecule has 0 bridgehead atoms. The van der Waals surface area contributed by atoms with Crippen LogP contribution in [-0.4, -0.2) is 28.5 Å². The van der Waals surface area contributed by atoms with Crippen LogP contribution in [0.2, 0.25) is 0 Å². The van der Waals surface area contributed by atoms with Gasteiger partial charge in [-0.15, -0.1) is 21.5 Å². The summed E-state index contributed by atoms with van der Waals surface area (Å²) in [6, 6.07) is 17.1. The van der Waals surface area contributed by atoms with Crippen LogP contribution < -0.4 is 11.1 Å². The molecule has 1 unspecified atom stereocenters. The number of esters is 1. The molecule has 0 fully saturated rings. The Kier molecular flexibility index (Phi) is 7.83. The Hall–Kier alpha value is -4.35. The number of hydrogen-bond acceptors (Lipinski definition) is 9. The van der Waals surface area contributed by atoms with E-state index in [0.717, 1.165) is 26.2 Å². The second kappa shape index (κ2) is 11.4. The molecule has 11 heteroatoms. The van der Waals surface area contributed by atoms with E-state index < -0.39 is 17.0 Å². The van der Waals surface area contributed by atoms with E-state index in [1.165, 1.54) is 23.5 Å². The molecule has 2 aromatic heterocycles. The van der Waals surface area contributed by atoms with Crippen molar-refractivity contribution < 1.29 is 24.3 Å². The minimum absolute atomic E-state index is 0.0423. The van der Waals surface area contributed by atoms with Crippen LogP contribution in [0.1, 0.15) is 33.0 Å². The molecule has 0 aliphatic rings. The van der Waals surface area contributed by atoms with Crippen molar-refractivity contribution in [3.8, 4) is 0 Å². The van der Waals surface area contributed by atoms with Crippen molar-refractivity contribution in [3.63, 3.8) is 0 Å². The third-order valence-electron chi connectivity index (χ3n) is 5.40. The smallest absolute Gasteiger partial charge is 0.338 e. The highest BCUT2D eigenvalue weighted by Crippen LogP contribution is 2.30. The minimum Gasteiger partial charge on any atom is -0.457 e. The van der Waals surface area contributed by atoms with Gasteiger partial charge in [-0.25, -0.2) is 4.79 Å².